The third kappa shape index (κ3) is 4.45. The molecule has 1 fully saturated rings. The van der Waals surface area contributed by atoms with Gasteiger partial charge in [-0.15, -0.1) is 0 Å². The Labute approximate surface area is 155 Å². The number of hydrogen-bond acceptors (Lipinski definition) is 4. The van der Waals surface area contributed by atoms with E-state index < -0.39 is 16.1 Å². The molecule has 1 heterocycles. The van der Waals surface area contributed by atoms with Gasteiger partial charge < -0.3 is 10.0 Å². The van der Waals surface area contributed by atoms with Gasteiger partial charge in [0.2, 0.25) is 15.9 Å². The molecule has 144 valence electrons. The molecule has 1 aliphatic heterocycles. The quantitative estimate of drug-likeness (QED) is 0.788. The molecule has 7 heteroatoms. The van der Waals surface area contributed by atoms with Crippen molar-refractivity contribution < 1.29 is 18.3 Å². The molecular weight excluding hydrogens is 352 g/mol. The highest BCUT2D eigenvalue weighted by Crippen LogP contribution is 2.29. The number of carbonyl (C=O) groups is 1. The summed E-state index contributed by atoms with van der Waals surface area (Å²) in [5.74, 6) is 0.430. The van der Waals surface area contributed by atoms with Crippen LogP contribution in [0.15, 0.2) is 23.1 Å². The number of hydrogen-bond donors (Lipinski definition) is 2. The standard InChI is InChI=1S/C19H28N2O4S/c1-14(22)8-10-20-26(24,25)18-7-6-17-13-21(11-9-16(17)12-18)19(23)15-4-2-3-5-15/h6-7,12,14-15,20,22H,2-5,8-11,13H2,1H3/t14-/m1/s1. The Kier molecular flexibility index (Phi) is 5.99. The third-order valence-electron chi connectivity index (χ3n) is 5.37. The van der Waals surface area contributed by atoms with Gasteiger partial charge in [-0.3, -0.25) is 4.79 Å². The number of carbonyl (C=O) groups excluding carboxylic acids is 1. The van der Waals surface area contributed by atoms with Crippen LogP contribution in [0.5, 0.6) is 0 Å². The molecule has 26 heavy (non-hydrogen) atoms. The van der Waals surface area contributed by atoms with E-state index in [0.717, 1.165) is 36.8 Å². The summed E-state index contributed by atoms with van der Waals surface area (Å²) in [4.78, 5) is 14.8. The highest BCUT2D eigenvalue weighted by atomic mass is 32.2. The Morgan fingerprint density at radius 3 is 2.73 bits per heavy atom. The van der Waals surface area contributed by atoms with E-state index in [0.29, 0.717) is 25.9 Å². The molecule has 1 aromatic rings. The molecular formula is C19H28N2O4S. The molecule has 0 radical (unpaired) electrons. The molecule has 1 amide bonds. The number of aliphatic hydroxyl groups excluding tert-OH is 1. The summed E-state index contributed by atoms with van der Waals surface area (Å²) < 4.78 is 27.3. The maximum atomic E-state index is 12.6. The first kappa shape index (κ1) is 19.3. The summed E-state index contributed by atoms with van der Waals surface area (Å²) in [5.41, 5.74) is 2.03. The van der Waals surface area contributed by atoms with E-state index in [-0.39, 0.29) is 23.3 Å². The van der Waals surface area contributed by atoms with E-state index >= 15 is 0 Å². The van der Waals surface area contributed by atoms with Crippen LogP contribution >= 0.6 is 0 Å². The Morgan fingerprint density at radius 2 is 2.04 bits per heavy atom. The van der Waals surface area contributed by atoms with Crippen LogP contribution in [-0.4, -0.2) is 43.5 Å². The second-order valence-electron chi connectivity index (χ2n) is 7.46. The predicted octanol–water partition coefficient (Wildman–Crippen LogP) is 1.81. The second kappa shape index (κ2) is 8.06. The van der Waals surface area contributed by atoms with Gasteiger partial charge in [0.25, 0.3) is 0 Å². The van der Waals surface area contributed by atoms with E-state index in [9.17, 15) is 18.3 Å². The molecule has 1 aromatic carbocycles. The molecule has 2 N–H and O–H groups in total. The van der Waals surface area contributed by atoms with Crippen molar-refractivity contribution in [2.24, 2.45) is 5.92 Å². The van der Waals surface area contributed by atoms with E-state index in [1.54, 1.807) is 19.1 Å². The van der Waals surface area contributed by atoms with Gasteiger partial charge in [0, 0.05) is 25.6 Å². The van der Waals surface area contributed by atoms with Crippen LogP contribution in [0.1, 0.15) is 50.2 Å². The fourth-order valence-electron chi connectivity index (χ4n) is 3.80. The summed E-state index contributed by atoms with van der Waals surface area (Å²) in [6.07, 6.45) is 4.81. The Hall–Kier alpha value is -1.44. The van der Waals surface area contributed by atoms with Crippen molar-refractivity contribution in [2.75, 3.05) is 13.1 Å². The van der Waals surface area contributed by atoms with Crippen LogP contribution in [0.25, 0.3) is 0 Å². The van der Waals surface area contributed by atoms with Gasteiger partial charge in [-0.05, 0) is 55.9 Å². The van der Waals surface area contributed by atoms with Crippen LogP contribution in [0, 0.1) is 5.92 Å². The number of benzene rings is 1. The first-order chi connectivity index (χ1) is 12.4. The van der Waals surface area contributed by atoms with Gasteiger partial charge in [-0.1, -0.05) is 18.9 Å². The summed E-state index contributed by atoms with van der Waals surface area (Å²) in [7, 11) is -3.57. The van der Waals surface area contributed by atoms with Gasteiger partial charge >= 0.3 is 0 Å². The zero-order valence-electron chi connectivity index (χ0n) is 15.3. The minimum absolute atomic E-state index is 0.175. The fraction of sp³-hybridized carbons (Fsp3) is 0.632. The molecule has 3 rings (SSSR count). The van der Waals surface area contributed by atoms with Gasteiger partial charge in [0.1, 0.15) is 0 Å². The molecule has 1 aliphatic carbocycles. The van der Waals surface area contributed by atoms with Crippen molar-refractivity contribution in [3.63, 3.8) is 0 Å². The number of amides is 1. The van der Waals surface area contributed by atoms with Crippen molar-refractivity contribution in [2.45, 2.75) is 63.0 Å². The molecule has 0 aromatic heterocycles. The summed E-state index contributed by atoms with van der Waals surface area (Å²) in [6, 6.07) is 5.15. The highest BCUT2D eigenvalue weighted by molar-refractivity contribution is 7.89. The average molecular weight is 381 g/mol. The average Bonchev–Trinajstić information content (AvgIpc) is 3.14. The Bertz CT molecular complexity index is 755. The number of nitrogens with one attached hydrogen (secondary N) is 1. The maximum absolute atomic E-state index is 12.6. The maximum Gasteiger partial charge on any atom is 0.240 e. The van der Waals surface area contributed by atoms with E-state index in [4.69, 9.17) is 0 Å². The van der Waals surface area contributed by atoms with Gasteiger partial charge in [-0.2, -0.15) is 0 Å². The number of nitrogens with zero attached hydrogens (tertiary/aromatic N) is 1. The molecule has 0 spiro atoms. The molecule has 1 saturated carbocycles. The molecule has 0 saturated heterocycles. The number of aliphatic hydroxyl groups is 1. The Morgan fingerprint density at radius 1 is 1.31 bits per heavy atom. The summed E-state index contributed by atoms with van der Waals surface area (Å²) in [6.45, 7) is 3.06. The van der Waals surface area contributed by atoms with E-state index in [2.05, 4.69) is 4.72 Å². The van der Waals surface area contributed by atoms with Gasteiger partial charge in [0.15, 0.2) is 0 Å². The Balaban J connectivity index is 1.67. The van der Waals surface area contributed by atoms with E-state index in [1.165, 1.54) is 0 Å². The summed E-state index contributed by atoms with van der Waals surface area (Å²) in [5, 5.41) is 9.26. The molecule has 1 atom stereocenters. The fourth-order valence-corrected chi connectivity index (χ4v) is 4.90. The largest absolute Gasteiger partial charge is 0.393 e. The van der Waals surface area contributed by atoms with Gasteiger partial charge in [-0.25, -0.2) is 13.1 Å². The van der Waals surface area contributed by atoms with Crippen LogP contribution in [-0.2, 0) is 27.8 Å². The van der Waals surface area contributed by atoms with Crippen molar-refractivity contribution in [3.05, 3.63) is 29.3 Å². The number of sulfonamides is 1. The molecule has 0 bridgehead atoms. The normalized spacial score (nSPS) is 19.4. The van der Waals surface area contributed by atoms with Crippen LogP contribution < -0.4 is 4.72 Å². The minimum atomic E-state index is -3.57. The lowest BCUT2D eigenvalue weighted by atomic mass is 9.98. The van der Waals surface area contributed by atoms with Crippen LogP contribution in [0.4, 0.5) is 0 Å². The SMILES string of the molecule is C[C@@H](O)CCNS(=O)(=O)c1ccc2c(c1)CCN(C(=O)C1CCCC1)C2. The zero-order valence-corrected chi connectivity index (χ0v) is 16.1. The first-order valence-corrected chi connectivity index (χ1v) is 10.9. The topological polar surface area (TPSA) is 86.7 Å². The highest BCUT2D eigenvalue weighted by Gasteiger charge is 2.29. The lowest BCUT2D eigenvalue weighted by Gasteiger charge is -2.31. The van der Waals surface area contributed by atoms with E-state index in [1.807, 2.05) is 11.0 Å². The lowest BCUT2D eigenvalue weighted by molar-refractivity contribution is -0.136. The smallest absolute Gasteiger partial charge is 0.240 e. The van der Waals surface area contributed by atoms with Crippen molar-refractivity contribution in [1.82, 2.24) is 9.62 Å². The minimum Gasteiger partial charge on any atom is -0.393 e. The van der Waals surface area contributed by atoms with Crippen LogP contribution in [0.3, 0.4) is 0 Å². The van der Waals surface area contributed by atoms with Crippen molar-refractivity contribution in [1.29, 1.82) is 0 Å². The molecule has 0 unspecified atom stereocenters. The summed E-state index contributed by atoms with van der Waals surface area (Å²) >= 11 is 0. The monoisotopic (exact) mass is 380 g/mol. The predicted molar refractivity (Wildman–Crippen MR) is 99.0 cm³/mol. The first-order valence-electron chi connectivity index (χ1n) is 9.45. The van der Waals surface area contributed by atoms with Crippen molar-refractivity contribution in [3.8, 4) is 0 Å². The molecule has 2 aliphatic rings. The number of fused-ring (bicyclic) bond motifs is 1. The lowest BCUT2D eigenvalue weighted by Crippen LogP contribution is -2.39. The van der Waals surface area contributed by atoms with Gasteiger partial charge in [0.05, 0.1) is 11.0 Å². The molecule has 6 nitrogen and oxygen atoms in total. The second-order valence-corrected chi connectivity index (χ2v) is 9.22. The van der Waals surface area contributed by atoms with Crippen molar-refractivity contribution >= 4 is 15.9 Å². The third-order valence-corrected chi connectivity index (χ3v) is 6.83. The van der Waals surface area contributed by atoms with Crippen LogP contribution in [0.2, 0.25) is 0 Å². The zero-order chi connectivity index (χ0) is 18.7. The number of rotatable bonds is 6.